The van der Waals surface area contributed by atoms with E-state index in [4.69, 9.17) is 9.84 Å². The Morgan fingerprint density at radius 2 is 1.95 bits per heavy atom. The number of ether oxygens (including phenoxy) is 1. The van der Waals surface area contributed by atoms with Crippen LogP contribution < -0.4 is 10.1 Å². The van der Waals surface area contributed by atoms with E-state index in [1.54, 1.807) is 0 Å². The second-order valence-electron chi connectivity index (χ2n) is 5.24. The van der Waals surface area contributed by atoms with Crippen LogP contribution in [0.3, 0.4) is 0 Å². The summed E-state index contributed by atoms with van der Waals surface area (Å²) in [6.45, 7) is 4.81. The van der Waals surface area contributed by atoms with Gasteiger partial charge < -0.3 is 15.2 Å². The fourth-order valence-corrected chi connectivity index (χ4v) is 2.28. The highest BCUT2D eigenvalue weighted by Crippen LogP contribution is 2.13. The number of para-hydroxylation sites is 1. The lowest BCUT2D eigenvalue weighted by Gasteiger charge is -2.20. The van der Waals surface area contributed by atoms with Gasteiger partial charge in [-0.15, -0.1) is 0 Å². The summed E-state index contributed by atoms with van der Waals surface area (Å²) in [7, 11) is 0. The molecule has 0 aliphatic heterocycles. The van der Waals surface area contributed by atoms with Crippen LogP contribution in [0, 0.1) is 5.92 Å². The Kier molecular flexibility index (Phi) is 8.51. The predicted octanol–water partition coefficient (Wildman–Crippen LogP) is 2.76. The van der Waals surface area contributed by atoms with Gasteiger partial charge in [0.1, 0.15) is 5.75 Å². The zero-order valence-electron chi connectivity index (χ0n) is 13.0. The Labute approximate surface area is 127 Å². The smallest absolute Gasteiger partial charge is 0.261 e. The molecule has 118 valence electrons. The van der Waals surface area contributed by atoms with E-state index in [9.17, 15) is 4.79 Å². The molecule has 2 N–H and O–H groups in total. The van der Waals surface area contributed by atoms with Crippen molar-refractivity contribution < 1.29 is 14.6 Å². The van der Waals surface area contributed by atoms with E-state index >= 15 is 0 Å². The third kappa shape index (κ3) is 6.63. The highest BCUT2D eigenvalue weighted by atomic mass is 16.5. The van der Waals surface area contributed by atoms with Crippen LogP contribution in [0.15, 0.2) is 30.3 Å². The molecule has 0 saturated heterocycles. The molecule has 0 bridgehead atoms. The maximum atomic E-state index is 12.2. The molecule has 1 aromatic carbocycles. The van der Waals surface area contributed by atoms with Crippen LogP contribution in [0.25, 0.3) is 0 Å². The van der Waals surface area contributed by atoms with Crippen LogP contribution in [-0.4, -0.2) is 30.3 Å². The maximum Gasteiger partial charge on any atom is 0.261 e. The molecule has 1 aromatic rings. The van der Waals surface area contributed by atoms with Gasteiger partial charge in [0.25, 0.3) is 5.91 Å². The van der Waals surface area contributed by atoms with Crippen molar-refractivity contribution in [1.82, 2.24) is 5.32 Å². The lowest BCUT2D eigenvalue weighted by atomic mass is 10.00. The Hall–Kier alpha value is -1.55. The zero-order valence-corrected chi connectivity index (χ0v) is 13.0. The summed E-state index contributed by atoms with van der Waals surface area (Å²) in [6, 6.07) is 9.39. The molecule has 4 heteroatoms. The second-order valence-corrected chi connectivity index (χ2v) is 5.24. The summed E-state index contributed by atoms with van der Waals surface area (Å²) >= 11 is 0. The fourth-order valence-electron chi connectivity index (χ4n) is 2.28. The van der Waals surface area contributed by atoms with E-state index in [0.29, 0.717) is 24.6 Å². The molecule has 21 heavy (non-hydrogen) atoms. The van der Waals surface area contributed by atoms with Crippen LogP contribution in [-0.2, 0) is 4.79 Å². The van der Waals surface area contributed by atoms with E-state index in [-0.39, 0.29) is 12.5 Å². The molecule has 0 heterocycles. The quantitative estimate of drug-likeness (QED) is 0.697. The van der Waals surface area contributed by atoms with Gasteiger partial charge >= 0.3 is 0 Å². The van der Waals surface area contributed by atoms with Crippen molar-refractivity contribution >= 4 is 5.91 Å². The van der Waals surface area contributed by atoms with Crippen molar-refractivity contribution in [2.45, 2.75) is 45.6 Å². The van der Waals surface area contributed by atoms with Crippen molar-refractivity contribution in [3.63, 3.8) is 0 Å². The number of benzene rings is 1. The Morgan fingerprint density at radius 3 is 2.52 bits per heavy atom. The predicted molar refractivity (Wildman–Crippen MR) is 84.3 cm³/mol. The molecular formula is C17H27NO3. The van der Waals surface area contributed by atoms with Gasteiger partial charge in [0.2, 0.25) is 0 Å². The summed E-state index contributed by atoms with van der Waals surface area (Å²) in [6.07, 6.45) is 2.95. The number of hydrogen-bond acceptors (Lipinski definition) is 3. The van der Waals surface area contributed by atoms with Gasteiger partial charge in [-0.1, -0.05) is 38.5 Å². The van der Waals surface area contributed by atoms with Crippen LogP contribution in [0.4, 0.5) is 0 Å². The molecule has 1 amide bonds. The van der Waals surface area contributed by atoms with Crippen molar-refractivity contribution in [1.29, 1.82) is 0 Å². The van der Waals surface area contributed by atoms with Gasteiger partial charge in [-0.05, 0) is 37.3 Å². The van der Waals surface area contributed by atoms with E-state index in [1.165, 1.54) is 0 Å². The molecule has 0 saturated carbocycles. The van der Waals surface area contributed by atoms with E-state index in [0.717, 1.165) is 19.3 Å². The van der Waals surface area contributed by atoms with Crippen LogP contribution in [0.2, 0.25) is 0 Å². The summed E-state index contributed by atoms with van der Waals surface area (Å²) in [4.78, 5) is 12.2. The molecule has 0 aliphatic rings. The third-order valence-electron chi connectivity index (χ3n) is 3.48. The summed E-state index contributed by atoms with van der Waals surface area (Å²) in [5, 5.41) is 12.0. The van der Waals surface area contributed by atoms with Crippen molar-refractivity contribution in [2.24, 2.45) is 5.92 Å². The first kappa shape index (κ1) is 17.5. The van der Waals surface area contributed by atoms with Crippen molar-refractivity contribution in [3.05, 3.63) is 30.3 Å². The van der Waals surface area contributed by atoms with Crippen LogP contribution in [0.5, 0.6) is 5.75 Å². The number of hydrogen-bond donors (Lipinski definition) is 2. The van der Waals surface area contributed by atoms with E-state index in [2.05, 4.69) is 12.2 Å². The zero-order chi connectivity index (χ0) is 15.5. The molecule has 1 rings (SSSR count). The molecule has 0 radical (unpaired) electrons. The van der Waals surface area contributed by atoms with E-state index in [1.807, 2.05) is 37.3 Å². The lowest BCUT2D eigenvalue weighted by Crippen LogP contribution is -2.40. The third-order valence-corrected chi connectivity index (χ3v) is 3.48. The highest BCUT2D eigenvalue weighted by molar-refractivity contribution is 5.81. The lowest BCUT2D eigenvalue weighted by molar-refractivity contribution is -0.128. The molecule has 0 aliphatic carbocycles. The molecule has 2 unspecified atom stereocenters. The Balaban J connectivity index is 2.47. The van der Waals surface area contributed by atoms with Crippen LogP contribution >= 0.6 is 0 Å². The minimum Gasteiger partial charge on any atom is -0.481 e. The van der Waals surface area contributed by atoms with Gasteiger partial charge in [0.15, 0.2) is 6.10 Å². The average molecular weight is 293 g/mol. The van der Waals surface area contributed by atoms with Crippen molar-refractivity contribution in [2.75, 3.05) is 13.2 Å². The van der Waals surface area contributed by atoms with Gasteiger partial charge in [0, 0.05) is 13.2 Å². The second kappa shape index (κ2) is 10.2. The SMILES string of the molecule is CCCC(CCO)CNC(=O)C(CC)Oc1ccccc1. The number of aliphatic hydroxyl groups is 1. The standard InChI is InChI=1S/C17H27NO3/c1-3-8-14(11-12-19)13-18-17(20)16(4-2)21-15-9-6-5-7-10-15/h5-7,9-10,14,16,19H,3-4,8,11-13H2,1-2H3,(H,18,20). The molecule has 4 nitrogen and oxygen atoms in total. The number of nitrogens with one attached hydrogen (secondary N) is 1. The first-order chi connectivity index (χ1) is 10.2. The first-order valence-corrected chi connectivity index (χ1v) is 7.81. The molecule has 0 spiro atoms. The monoisotopic (exact) mass is 293 g/mol. The van der Waals surface area contributed by atoms with Gasteiger partial charge in [-0.3, -0.25) is 4.79 Å². The summed E-state index contributed by atoms with van der Waals surface area (Å²) in [5.74, 6) is 0.957. The van der Waals surface area contributed by atoms with E-state index < -0.39 is 6.10 Å². The Bertz CT molecular complexity index is 388. The van der Waals surface area contributed by atoms with Gasteiger partial charge in [0.05, 0.1) is 0 Å². The van der Waals surface area contributed by atoms with Gasteiger partial charge in [-0.2, -0.15) is 0 Å². The topological polar surface area (TPSA) is 58.6 Å². The summed E-state index contributed by atoms with van der Waals surface area (Å²) < 4.78 is 5.72. The maximum absolute atomic E-state index is 12.2. The number of rotatable bonds is 10. The number of carbonyl (C=O) groups is 1. The molecule has 0 fully saturated rings. The minimum atomic E-state index is -0.469. The first-order valence-electron chi connectivity index (χ1n) is 7.81. The Morgan fingerprint density at radius 1 is 1.24 bits per heavy atom. The minimum absolute atomic E-state index is 0.0830. The van der Waals surface area contributed by atoms with Crippen LogP contribution in [0.1, 0.15) is 39.5 Å². The molecular weight excluding hydrogens is 266 g/mol. The normalized spacial score (nSPS) is 13.5. The summed E-state index contributed by atoms with van der Waals surface area (Å²) in [5.41, 5.74) is 0. The fraction of sp³-hybridized carbons (Fsp3) is 0.588. The number of amides is 1. The number of carbonyl (C=O) groups excluding carboxylic acids is 1. The highest BCUT2D eigenvalue weighted by Gasteiger charge is 2.19. The largest absolute Gasteiger partial charge is 0.481 e. The molecule has 2 atom stereocenters. The molecule has 0 aromatic heterocycles. The number of aliphatic hydroxyl groups excluding tert-OH is 1. The van der Waals surface area contributed by atoms with Crippen molar-refractivity contribution in [3.8, 4) is 5.75 Å². The average Bonchev–Trinajstić information content (AvgIpc) is 2.51. The van der Waals surface area contributed by atoms with Gasteiger partial charge in [-0.25, -0.2) is 0 Å².